The van der Waals surface area contributed by atoms with Crippen LogP contribution in [0.4, 0.5) is 17.2 Å². The number of aryl methyl sites for hydroxylation is 1. The van der Waals surface area contributed by atoms with E-state index in [1.807, 2.05) is 20.8 Å². The minimum Gasteiger partial charge on any atom is -0.481 e. The normalized spacial score (nSPS) is 17.7. The van der Waals surface area contributed by atoms with E-state index in [0.29, 0.717) is 47.4 Å². The van der Waals surface area contributed by atoms with Crippen LogP contribution in [0.1, 0.15) is 45.2 Å². The summed E-state index contributed by atoms with van der Waals surface area (Å²) >= 11 is 0. The Balaban J connectivity index is 1.48. The second-order valence-electron chi connectivity index (χ2n) is 8.91. The molecule has 4 rings (SSSR count). The molecule has 35 heavy (non-hydrogen) atoms. The zero-order valence-electron chi connectivity index (χ0n) is 19.9. The lowest BCUT2D eigenvalue weighted by Gasteiger charge is -2.27. The molecule has 2 unspecified atom stereocenters. The van der Waals surface area contributed by atoms with Crippen molar-refractivity contribution < 1.29 is 24.0 Å². The fraction of sp³-hybridized carbons (Fsp3) is 0.400. The highest BCUT2D eigenvalue weighted by Crippen LogP contribution is 2.34. The second-order valence-corrected chi connectivity index (χ2v) is 8.91. The fourth-order valence-electron chi connectivity index (χ4n) is 4.23. The Bertz CT molecular complexity index is 1190. The van der Waals surface area contributed by atoms with Crippen molar-refractivity contribution in [3.63, 3.8) is 0 Å². The highest BCUT2D eigenvalue weighted by molar-refractivity contribution is 5.95. The smallest absolute Gasteiger partial charge is 0.307 e. The molecular weight excluding hydrogens is 450 g/mol. The molecular formula is C25H29N5O5. The monoisotopic (exact) mass is 479 g/mol. The van der Waals surface area contributed by atoms with Crippen molar-refractivity contribution in [1.82, 2.24) is 15.1 Å². The second kappa shape index (κ2) is 10.5. The first kappa shape index (κ1) is 24.2. The van der Waals surface area contributed by atoms with Crippen molar-refractivity contribution in [2.24, 2.45) is 11.8 Å². The third-order valence-electron chi connectivity index (χ3n) is 5.92. The van der Waals surface area contributed by atoms with E-state index in [9.17, 15) is 14.7 Å². The van der Waals surface area contributed by atoms with Crippen molar-refractivity contribution in [3.05, 3.63) is 42.4 Å². The van der Waals surface area contributed by atoms with E-state index in [4.69, 9.17) is 9.26 Å². The molecule has 0 spiro atoms. The summed E-state index contributed by atoms with van der Waals surface area (Å²) in [6.07, 6.45) is 5.91. The molecule has 0 aliphatic heterocycles. The van der Waals surface area contributed by atoms with Gasteiger partial charge in [0, 0.05) is 11.3 Å². The summed E-state index contributed by atoms with van der Waals surface area (Å²) in [6.45, 7) is 5.64. The lowest BCUT2D eigenvalue weighted by molar-refractivity contribution is -0.147. The Hall–Kier alpha value is -3.95. The van der Waals surface area contributed by atoms with Gasteiger partial charge in [0.2, 0.25) is 11.8 Å². The van der Waals surface area contributed by atoms with Gasteiger partial charge in [-0.05, 0) is 57.9 Å². The molecule has 10 heteroatoms. The van der Waals surface area contributed by atoms with E-state index in [2.05, 4.69) is 25.8 Å². The van der Waals surface area contributed by atoms with Gasteiger partial charge in [-0.25, -0.2) is 0 Å². The Morgan fingerprint density at radius 1 is 1.11 bits per heavy atom. The molecule has 2 atom stereocenters. The number of aromatic nitrogens is 3. The number of aliphatic carboxylic acids is 1. The summed E-state index contributed by atoms with van der Waals surface area (Å²) in [7, 11) is 0. The highest BCUT2D eigenvalue weighted by Gasteiger charge is 2.35. The summed E-state index contributed by atoms with van der Waals surface area (Å²) in [5, 5.41) is 19.6. The van der Waals surface area contributed by atoms with E-state index < -0.39 is 17.8 Å². The Kier molecular flexibility index (Phi) is 7.28. The molecule has 2 aromatic heterocycles. The minimum atomic E-state index is -0.910. The predicted molar refractivity (Wildman–Crippen MR) is 129 cm³/mol. The van der Waals surface area contributed by atoms with E-state index in [-0.39, 0.29) is 12.0 Å². The van der Waals surface area contributed by atoms with Crippen LogP contribution < -0.4 is 15.4 Å². The molecule has 1 fully saturated rings. The first-order chi connectivity index (χ1) is 16.8. The number of anilines is 3. The molecule has 1 aliphatic rings. The Morgan fingerprint density at radius 2 is 1.83 bits per heavy atom. The van der Waals surface area contributed by atoms with Crippen LogP contribution in [0.5, 0.6) is 5.88 Å². The number of benzene rings is 1. The number of carbonyl (C=O) groups excluding carboxylic acids is 1. The zero-order chi connectivity index (χ0) is 24.9. The summed E-state index contributed by atoms with van der Waals surface area (Å²) in [4.78, 5) is 32.9. The lowest BCUT2D eigenvalue weighted by atomic mass is 9.78. The predicted octanol–water partition coefficient (Wildman–Crippen LogP) is 4.80. The topological polar surface area (TPSA) is 139 Å². The van der Waals surface area contributed by atoms with Gasteiger partial charge in [-0.15, -0.1) is 0 Å². The van der Waals surface area contributed by atoms with Gasteiger partial charge in [0.25, 0.3) is 0 Å². The lowest BCUT2D eigenvalue weighted by Crippen LogP contribution is -2.36. The number of rotatable bonds is 8. The molecule has 3 N–H and O–H groups in total. The van der Waals surface area contributed by atoms with Crippen LogP contribution in [-0.4, -0.2) is 38.2 Å². The summed E-state index contributed by atoms with van der Waals surface area (Å²) in [5.41, 5.74) is 2.62. The molecule has 1 aromatic carbocycles. The maximum absolute atomic E-state index is 12.8. The van der Waals surface area contributed by atoms with Crippen LogP contribution in [0.3, 0.4) is 0 Å². The molecule has 3 aromatic rings. The van der Waals surface area contributed by atoms with Crippen LogP contribution in [0.2, 0.25) is 0 Å². The van der Waals surface area contributed by atoms with E-state index in [1.54, 1.807) is 36.7 Å². The molecule has 0 radical (unpaired) electrons. The van der Waals surface area contributed by atoms with Crippen molar-refractivity contribution in [1.29, 1.82) is 0 Å². The standard InChI is InChI=1S/C25H29N5O5/c1-14(2)34-21-13-26-12-20(28-21)29-22-15(3)30-35-23(22)16-8-10-17(11-9-16)27-24(31)18-6-4-5-7-19(18)25(32)33/h8-14,18-19H,4-7H2,1-3H3,(H,27,31)(H,28,29)(H,32,33). The molecule has 0 bridgehead atoms. The SMILES string of the molecule is Cc1noc(-c2ccc(NC(=O)C3CCCCC3C(=O)O)cc2)c1Nc1cncc(OC(C)C)n1. The third kappa shape index (κ3) is 5.76. The van der Waals surface area contributed by atoms with E-state index >= 15 is 0 Å². The first-order valence-corrected chi connectivity index (χ1v) is 11.7. The van der Waals surface area contributed by atoms with Gasteiger partial charge in [0.1, 0.15) is 11.4 Å². The van der Waals surface area contributed by atoms with Crippen molar-refractivity contribution >= 4 is 29.1 Å². The summed E-state index contributed by atoms with van der Waals surface area (Å²) < 4.78 is 11.2. The number of nitrogens with zero attached hydrogens (tertiary/aromatic N) is 3. The minimum absolute atomic E-state index is 0.0282. The van der Waals surface area contributed by atoms with Crippen LogP contribution in [0.25, 0.3) is 11.3 Å². The van der Waals surface area contributed by atoms with Gasteiger partial charge < -0.3 is 25.0 Å². The largest absolute Gasteiger partial charge is 0.481 e. The number of hydrogen-bond acceptors (Lipinski definition) is 8. The molecule has 1 aliphatic carbocycles. The number of hydrogen-bond donors (Lipinski definition) is 3. The van der Waals surface area contributed by atoms with Gasteiger partial charge in [0.05, 0.1) is 30.3 Å². The average Bonchev–Trinajstić information content (AvgIpc) is 3.19. The highest BCUT2D eigenvalue weighted by atomic mass is 16.5. The number of ether oxygens (including phenoxy) is 1. The van der Waals surface area contributed by atoms with Crippen LogP contribution >= 0.6 is 0 Å². The summed E-state index contributed by atoms with van der Waals surface area (Å²) in [5.74, 6) is -0.928. The molecule has 10 nitrogen and oxygen atoms in total. The van der Waals surface area contributed by atoms with E-state index in [1.165, 1.54) is 0 Å². The van der Waals surface area contributed by atoms with Crippen molar-refractivity contribution in [3.8, 4) is 17.2 Å². The molecule has 1 saturated carbocycles. The Morgan fingerprint density at radius 3 is 2.51 bits per heavy atom. The van der Waals surface area contributed by atoms with Gasteiger partial charge in [-0.1, -0.05) is 18.0 Å². The molecule has 1 amide bonds. The third-order valence-corrected chi connectivity index (χ3v) is 5.92. The molecule has 2 heterocycles. The molecule has 0 saturated heterocycles. The van der Waals surface area contributed by atoms with Gasteiger partial charge in [0.15, 0.2) is 11.6 Å². The number of carbonyl (C=O) groups is 2. The zero-order valence-corrected chi connectivity index (χ0v) is 19.9. The summed E-state index contributed by atoms with van der Waals surface area (Å²) in [6, 6.07) is 7.12. The van der Waals surface area contributed by atoms with Gasteiger partial charge in [-0.3, -0.25) is 14.6 Å². The molecule has 184 valence electrons. The first-order valence-electron chi connectivity index (χ1n) is 11.7. The van der Waals surface area contributed by atoms with Gasteiger partial charge >= 0.3 is 5.97 Å². The van der Waals surface area contributed by atoms with Crippen LogP contribution in [0, 0.1) is 18.8 Å². The average molecular weight is 480 g/mol. The van der Waals surface area contributed by atoms with Crippen molar-refractivity contribution in [2.45, 2.75) is 52.6 Å². The van der Waals surface area contributed by atoms with Crippen LogP contribution in [0.15, 0.2) is 41.2 Å². The maximum atomic E-state index is 12.8. The van der Waals surface area contributed by atoms with E-state index in [0.717, 1.165) is 18.4 Å². The number of carboxylic acid groups (broad SMARTS) is 1. The maximum Gasteiger partial charge on any atom is 0.307 e. The quantitative estimate of drug-likeness (QED) is 0.415. The van der Waals surface area contributed by atoms with Crippen LogP contribution in [-0.2, 0) is 9.59 Å². The number of nitrogens with one attached hydrogen (secondary N) is 2. The number of amides is 1. The van der Waals surface area contributed by atoms with Crippen molar-refractivity contribution in [2.75, 3.05) is 10.6 Å². The number of carboxylic acids is 1. The fourth-order valence-corrected chi connectivity index (χ4v) is 4.23. The Labute approximate surface area is 203 Å². The van der Waals surface area contributed by atoms with Gasteiger partial charge in [-0.2, -0.15) is 4.98 Å².